The van der Waals surface area contributed by atoms with Crippen molar-refractivity contribution in [3.05, 3.63) is 76.9 Å². The van der Waals surface area contributed by atoms with Crippen molar-refractivity contribution < 1.29 is 22.9 Å². The predicted octanol–water partition coefficient (Wildman–Crippen LogP) is 4.79. The molecule has 1 heterocycles. The Kier molecular flexibility index (Phi) is 6.93. The molecule has 0 saturated heterocycles. The molecule has 0 unspecified atom stereocenters. The van der Waals surface area contributed by atoms with E-state index in [9.17, 15) is 28.1 Å². The highest BCUT2D eigenvalue weighted by Crippen LogP contribution is 2.37. The molecule has 0 aliphatic heterocycles. The number of hydrogen-bond acceptors (Lipinski definition) is 6. The van der Waals surface area contributed by atoms with Gasteiger partial charge in [-0.15, -0.1) is 16.8 Å². The van der Waals surface area contributed by atoms with Crippen LogP contribution in [0.3, 0.4) is 0 Å². The van der Waals surface area contributed by atoms with Gasteiger partial charge in [-0.1, -0.05) is 48.2 Å². The lowest BCUT2D eigenvalue weighted by atomic mass is 10.1. The van der Waals surface area contributed by atoms with E-state index in [1.165, 1.54) is 0 Å². The number of nitro benzene ring substituents is 1. The van der Waals surface area contributed by atoms with Crippen LogP contribution in [0.5, 0.6) is 0 Å². The highest BCUT2D eigenvalue weighted by molar-refractivity contribution is 7.99. The van der Waals surface area contributed by atoms with Gasteiger partial charge in [0, 0.05) is 24.2 Å². The molecule has 3 aromatic rings. The molecule has 3 rings (SSSR count). The van der Waals surface area contributed by atoms with Crippen LogP contribution in [0.1, 0.15) is 5.56 Å². The number of allylic oxidation sites excluding steroid dienone is 1. The number of nitro groups is 1. The number of aromatic nitrogens is 3. The van der Waals surface area contributed by atoms with Crippen molar-refractivity contribution in [2.45, 2.75) is 17.9 Å². The number of rotatable bonds is 8. The lowest BCUT2D eigenvalue weighted by molar-refractivity contribution is -0.385. The molecule has 8 nitrogen and oxygen atoms in total. The van der Waals surface area contributed by atoms with Crippen molar-refractivity contribution >= 4 is 29.0 Å². The zero-order chi connectivity index (χ0) is 23.3. The Balaban J connectivity index is 1.77. The van der Waals surface area contributed by atoms with Crippen LogP contribution < -0.4 is 5.32 Å². The first-order valence-electron chi connectivity index (χ1n) is 9.08. The second-order valence-corrected chi connectivity index (χ2v) is 7.34. The van der Waals surface area contributed by atoms with Crippen molar-refractivity contribution in [2.24, 2.45) is 0 Å². The van der Waals surface area contributed by atoms with Gasteiger partial charge in [0.15, 0.2) is 11.0 Å². The second kappa shape index (κ2) is 9.64. The van der Waals surface area contributed by atoms with E-state index in [-0.39, 0.29) is 5.75 Å². The second-order valence-electron chi connectivity index (χ2n) is 6.39. The number of amides is 1. The van der Waals surface area contributed by atoms with Gasteiger partial charge in [0.05, 0.1) is 21.9 Å². The van der Waals surface area contributed by atoms with Gasteiger partial charge in [-0.3, -0.25) is 19.5 Å². The van der Waals surface area contributed by atoms with Crippen molar-refractivity contribution in [1.82, 2.24) is 14.8 Å². The fraction of sp³-hybridized carbons (Fsp3) is 0.150. The maximum atomic E-state index is 13.3. The Morgan fingerprint density at radius 3 is 2.56 bits per heavy atom. The molecule has 0 spiro atoms. The van der Waals surface area contributed by atoms with E-state index < -0.39 is 33.9 Å². The summed E-state index contributed by atoms with van der Waals surface area (Å²) < 4.78 is 41.6. The van der Waals surface area contributed by atoms with Crippen LogP contribution >= 0.6 is 11.8 Å². The lowest BCUT2D eigenvalue weighted by Gasteiger charge is -2.13. The number of nitrogens with one attached hydrogen (secondary N) is 1. The van der Waals surface area contributed by atoms with Gasteiger partial charge in [0.1, 0.15) is 0 Å². The van der Waals surface area contributed by atoms with Crippen LogP contribution in [0.2, 0.25) is 0 Å². The number of thioether (sulfide) groups is 1. The van der Waals surface area contributed by atoms with Gasteiger partial charge in [0.25, 0.3) is 5.69 Å². The Hall–Kier alpha value is -3.67. The molecule has 1 N–H and O–H groups in total. The van der Waals surface area contributed by atoms with E-state index in [0.29, 0.717) is 23.6 Å². The molecule has 1 amide bonds. The van der Waals surface area contributed by atoms with Crippen LogP contribution in [0.4, 0.5) is 24.5 Å². The molecule has 166 valence electrons. The number of benzene rings is 2. The zero-order valence-corrected chi connectivity index (χ0v) is 17.2. The number of carbonyl (C=O) groups excluding carboxylic acids is 1. The summed E-state index contributed by atoms with van der Waals surface area (Å²) in [6.07, 6.45) is -3.25. The maximum absolute atomic E-state index is 13.3. The quantitative estimate of drug-likeness (QED) is 0.223. The smallest absolute Gasteiger partial charge is 0.325 e. The fourth-order valence-electron chi connectivity index (χ4n) is 2.80. The van der Waals surface area contributed by atoms with Gasteiger partial charge in [0.2, 0.25) is 5.91 Å². The number of carbonyl (C=O) groups is 1. The molecule has 0 aliphatic carbocycles. The Morgan fingerprint density at radius 2 is 1.94 bits per heavy atom. The molecule has 0 aliphatic rings. The average molecular weight is 463 g/mol. The van der Waals surface area contributed by atoms with Gasteiger partial charge in [-0.05, 0) is 6.07 Å². The Labute approximate surface area is 184 Å². The lowest BCUT2D eigenvalue weighted by Crippen LogP contribution is -2.18. The third kappa shape index (κ3) is 5.32. The van der Waals surface area contributed by atoms with Crippen molar-refractivity contribution in [3.8, 4) is 11.4 Å². The molecule has 0 radical (unpaired) electrons. The molecule has 0 saturated carbocycles. The molecular weight excluding hydrogens is 447 g/mol. The largest absolute Gasteiger partial charge is 0.418 e. The third-order valence-electron chi connectivity index (χ3n) is 4.19. The summed E-state index contributed by atoms with van der Waals surface area (Å²) in [7, 11) is 0. The summed E-state index contributed by atoms with van der Waals surface area (Å²) in [6, 6.07) is 11.4. The average Bonchev–Trinajstić information content (AvgIpc) is 3.15. The van der Waals surface area contributed by atoms with Gasteiger partial charge >= 0.3 is 6.18 Å². The monoisotopic (exact) mass is 463 g/mol. The van der Waals surface area contributed by atoms with Crippen LogP contribution in [0.15, 0.2) is 66.3 Å². The molecule has 0 atom stereocenters. The first-order valence-corrected chi connectivity index (χ1v) is 10.1. The van der Waals surface area contributed by atoms with Crippen LogP contribution in [0.25, 0.3) is 11.4 Å². The van der Waals surface area contributed by atoms with Gasteiger partial charge < -0.3 is 5.32 Å². The predicted molar refractivity (Wildman–Crippen MR) is 113 cm³/mol. The maximum Gasteiger partial charge on any atom is 0.418 e. The summed E-state index contributed by atoms with van der Waals surface area (Å²) >= 11 is 0.991. The van der Waals surface area contributed by atoms with E-state index in [0.717, 1.165) is 29.5 Å². The summed E-state index contributed by atoms with van der Waals surface area (Å²) in [5, 5.41) is 21.5. The first-order chi connectivity index (χ1) is 15.2. The third-order valence-corrected chi connectivity index (χ3v) is 5.15. The SMILES string of the molecule is C=CCn1c(SCC(=O)Nc2ccc([N+](=O)[O-])cc2C(F)(F)F)nnc1-c1ccccc1. The minimum atomic E-state index is -4.88. The topological polar surface area (TPSA) is 103 Å². The molecule has 12 heteroatoms. The minimum Gasteiger partial charge on any atom is -0.325 e. The summed E-state index contributed by atoms with van der Waals surface area (Å²) in [4.78, 5) is 22.2. The van der Waals surface area contributed by atoms with Crippen LogP contribution in [-0.4, -0.2) is 31.3 Å². The van der Waals surface area contributed by atoms with E-state index in [1.54, 1.807) is 10.6 Å². The van der Waals surface area contributed by atoms with Crippen LogP contribution in [-0.2, 0) is 17.5 Å². The molecule has 1 aromatic heterocycles. The van der Waals surface area contributed by atoms with Crippen molar-refractivity contribution in [3.63, 3.8) is 0 Å². The first kappa shape index (κ1) is 23.0. The van der Waals surface area contributed by atoms with E-state index in [1.807, 2.05) is 30.3 Å². The highest BCUT2D eigenvalue weighted by atomic mass is 32.2. The zero-order valence-electron chi connectivity index (χ0n) is 16.4. The van der Waals surface area contributed by atoms with Gasteiger partial charge in [-0.25, -0.2) is 0 Å². The Bertz CT molecular complexity index is 1150. The van der Waals surface area contributed by atoms with E-state index >= 15 is 0 Å². The molecule has 2 aromatic carbocycles. The number of anilines is 1. The summed E-state index contributed by atoms with van der Waals surface area (Å²) in [6.45, 7) is 4.06. The fourth-order valence-corrected chi connectivity index (χ4v) is 3.54. The van der Waals surface area contributed by atoms with Crippen molar-refractivity contribution in [2.75, 3.05) is 11.1 Å². The van der Waals surface area contributed by atoms with Gasteiger partial charge in [-0.2, -0.15) is 13.2 Å². The van der Waals surface area contributed by atoms with Crippen LogP contribution in [0, 0.1) is 10.1 Å². The van der Waals surface area contributed by atoms with Crippen molar-refractivity contribution in [1.29, 1.82) is 0 Å². The number of nitrogens with zero attached hydrogens (tertiary/aromatic N) is 4. The normalized spacial score (nSPS) is 11.2. The molecule has 32 heavy (non-hydrogen) atoms. The number of hydrogen-bond donors (Lipinski definition) is 1. The number of non-ortho nitro benzene ring substituents is 1. The molecule has 0 fully saturated rings. The summed E-state index contributed by atoms with van der Waals surface area (Å²) in [5.41, 5.74) is -1.79. The standard InChI is InChI=1S/C20H16F3N5O3S/c1-2-10-27-18(13-6-4-3-5-7-13)25-26-19(27)32-12-17(29)24-16-9-8-14(28(30)31)11-15(16)20(21,22)23/h2-9,11H,1,10,12H2,(H,24,29). The molecular formula is C20H16F3N5O3S. The highest BCUT2D eigenvalue weighted by Gasteiger charge is 2.35. The Morgan fingerprint density at radius 1 is 1.22 bits per heavy atom. The van der Waals surface area contributed by atoms with E-state index in [2.05, 4.69) is 22.1 Å². The molecule has 0 bridgehead atoms. The number of halogens is 3. The number of alkyl halides is 3. The minimum absolute atomic E-state index is 0.252. The van der Waals surface area contributed by atoms with E-state index in [4.69, 9.17) is 0 Å². The summed E-state index contributed by atoms with van der Waals surface area (Å²) in [5.74, 6) is -0.426.